The summed E-state index contributed by atoms with van der Waals surface area (Å²) in [6.07, 6.45) is 9.20. The van der Waals surface area contributed by atoms with Crippen LogP contribution in [-0.4, -0.2) is 0 Å². The average molecular weight is 778 g/mol. The first-order valence-corrected chi connectivity index (χ1v) is 21.8. The molecule has 9 aromatic carbocycles. The van der Waals surface area contributed by atoms with E-state index in [9.17, 15) is 0 Å². The maximum atomic E-state index is 2.59. The first-order valence-electron chi connectivity index (χ1n) is 21.8. The second-order valence-corrected chi connectivity index (χ2v) is 17.8. The van der Waals surface area contributed by atoms with E-state index >= 15 is 0 Å². The van der Waals surface area contributed by atoms with Crippen LogP contribution in [0.1, 0.15) is 65.6 Å². The molecule has 0 amide bonds. The number of fused-ring (bicyclic) bond motifs is 15. The van der Waals surface area contributed by atoms with Crippen molar-refractivity contribution in [2.45, 2.75) is 37.5 Å². The van der Waals surface area contributed by atoms with Gasteiger partial charge in [-0.05, 0) is 138 Å². The van der Waals surface area contributed by atoms with Gasteiger partial charge in [-0.2, -0.15) is 0 Å². The molecule has 1 heteroatoms. The summed E-state index contributed by atoms with van der Waals surface area (Å²) in [5.74, 6) is 0. The number of nitrogens with zero attached hydrogens (tertiary/aromatic N) is 1. The summed E-state index contributed by atoms with van der Waals surface area (Å²) in [5.41, 5.74) is 21.6. The summed E-state index contributed by atoms with van der Waals surface area (Å²) < 4.78 is 0. The van der Waals surface area contributed by atoms with Crippen molar-refractivity contribution in [2.24, 2.45) is 0 Å². The third kappa shape index (κ3) is 4.61. The lowest BCUT2D eigenvalue weighted by molar-refractivity contribution is 0.660. The van der Waals surface area contributed by atoms with E-state index in [1.165, 1.54) is 117 Å². The van der Waals surface area contributed by atoms with Crippen molar-refractivity contribution < 1.29 is 0 Å². The Morgan fingerprint density at radius 3 is 1.82 bits per heavy atom. The zero-order valence-electron chi connectivity index (χ0n) is 34.4. The van der Waals surface area contributed by atoms with Crippen molar-refractivity contribution >= 4 is 44.2 Å². The van der Waals surface area contributed by atoms with Gasteiger partial charge in [-0.25, -0.2) is 0 Å². The van der Waals surface area contributed by atoms with Crippen LogP contribution in [0.15, 0.2) is 200 Å². The lowest BCUT2D eigenvalue weighted by Crippen LogP contribution is -2.26. The maximum Gasteiger partial charge on any atom is 0.0726 e. The van der Waals surface area contributed by atoms with E-state index in [0.29, 0.717) is 0 Å². The SMILES string of the molecule is CC1(C)c2ccccc2-c2ccc(N(c3cccc4c3-c3ccccc3C43c4ccccc4-c4cc5ccccc5cc43)c3ccc(C4=CCCC=C4)c4ccccc34)cc21. The minimum absolute atomic E-state index is 0.144. The van der Waals surface area contributed by atoms with Crippen LogP contribution in [0.4, 0.5) is 17.1 Å². The third-order valence-electron chi connectivity index (χ3n) is 14.5. The molecule has 4 aliphatic carbocycles. The molecule has 1 atom stereocenters. The predicted molar refractivity (Wildman–Crippen MR) is 256 cm³/mol. The molecule has 0 fully saturated rings. The Morgan fingerprint density at radius 2 is 1.03 bits per heavy atom. The van der Waals surface area contributed by atoms with E-state index in [0.717, 1.165) is 12.8 Å². The van der Waals surface area contributed by atoms with Crippen molar-refractivity contribution in [1.82, 2.24) is 0 Å². The molecule has 0 radical (unpaired) electrons. The van der Waals surface area contributed by atoms with Crippen molar-refractivity contribution in [2.75, 3.05) is 4.90 Å². The minimum Gasteiger partial charge on any atom is -0.309 e. The van der Waals surface area contributed by atoms with E-state index in [1.54, 1.807) is 0 Å². The summed E-state index contributed by atoms with van der Waals surface area (Å²) in [7, 11) is 0. The van der Waals surface area contributed by atoms with Gasteiger partial charge in [-0.1, -0.05) is 178 Å². The van der Waals surface area contributed by atoms with Gasteiger partial charge in [0.2, 0.25) is 0 Å². The van der Waals surface area contributed by atoms with Gasteiger partial charge < -0.3 is 4.90 Å². The standard InChI is InChI=1S/C60H43N/c1-59(2)50-26-13-10-22-44(50)46-32-31-41(37-54(46)59)61(56-34-33-42(38-17-4-3-5-18-38)43-21-8-9-24-47(43)56)57-30-16-29-53-58(57)48-25-12-15-28-52(48)60(53)51-27-14-11-23-45(51)49-35-39-19-6-7-20-40(39)36-55(49)60/h4,6-37H,3,5H2,1-2H3. The molecule has 0 aromatic heterocycles. The Labute approximate surface area is 357 Å². The Hall–Kier alpha value is -7.22. The van der Waals surface area contributed by atoms with Gasteiger partial charge in [0.1, 0.15) is 0 Å². The normalized spacial score (nSPS) is 17.1. The highest BCUT2D eigenvalue weighted by Gasteiger charge is 2.52. The second-order valence-electron chi connectivity index (χ2n) is 17.8. The van der Waals surface area contributed by atoms with Gasteiger partial charge in [0.05, 0.1) is 16.8 Å². The number of benzene rings is 9. The molecule has 0 saturated heterocycles. The quantitative estimate of drug-likeness (QED) is 0.172. The smallest absolute Gasteiger partial charge is 0.0726 e. The summed E-state index contributed by atoms with van der Waals surface area (Å²) in [6.45, 7) is 4.78. The molecule has 288 valence electrons. The first kappa shape index (κ1) is 34.6. The number of rotatable bonds is 4. The zero-order chi connectivity index (χ0) is 40.5. The van der Waals surface area contributed by atoms with Crippen LogP contribution < -0.4 is 4.90 Å². The molecule has 0 aliphatic heterocycles. The van der Waals surface area contributed by atoms with Crippen LogP contribution in [-0.2, 0) is 10.8 Å². The average Bonchev–Trinajstić information content (AvgIpc) is 3.87. The molecule has 4 aliphatic rings. The zero-order valence-corrected chi connectivity index (χ0v) is 34.4. The second kappa shape index (κ2) is 12.6. The fourth-order valence-electron chi connectivity index (χ4n) is 11.8. The molecule has 9 aromatic rings. The molecule has 0 bridgehead atoms. The fraction of sp³-hybridized carbons (Fsp3) is 0.100. The summed E-state index contributed by atoms with van der Waals surface area (Å²) in [5, 5.41) is 5.06. The molecular formula is C60H43N. The minimum atomic E-state index is -0.475. The van der Waals surface area contributed by atoms with Crippen LogP contribution in [0.5, 0.6) is 0 Å². The molecule has 1 unspecified atom stereocenters. The highest BCUT2D eigenvalue weighted by molar-refractivity contribution is 6.09. The van der Waals surface area contributed by atoms with E-state index in [1.807, 2.05) is 0 Å². The first-order chi connectivity index (χ1) is 30.0. The van der Waals surface area contributed by atoms with Crippen molar-refractivity contribution in [3.63, 3.8) is 0 Å². The lowest BCUT2D eigenvalue weighted by Gasteiger charge is -2.33. The van der Waals surface area contributed by atoms with Gasteiger partial charge in [-0.3, -0.25) is 0 Å². The van der Waals surface area contributed by atoms with Gasteiger partial charge >= 0.3 is 0 Å². The number of allylic oxidation sites excluding steroid dienone is 4. The Balaban J connectivity index is 1.12. The highest BCUT2D eigenvalue weighted by Crippen LogP contribution is 2.65. The molecule has 1 spiro atoms. The van der Waals surface area contributed by atoms with Crippen LogP contribution >= 0.6 is 0 Å². The third-order valence-corrected chi connectivity index (χ3v) is 14.5. The van der Waals surface area contributed by atoms with Crippen molar-refractivity contribution in [3.8, 4) is 33.4 Å². The molecule has 1 nitrogen and oxygen atoms in total. The Morgan fingerprint density at radius 1 is 0.410 bits per heavy atom. The van der Waals surface area contributed by atoms with E-state index in [4.69, 9.17) is 0 Å². The van der Waals surface area contributed by atoms with Crippen molar-refractivity contribution in [3.05, 3.63) is 239 Å². The highest BCUT2D eigenvalue weighted by atomic mass is 15.1. The molecule has 0 N–H and O–H groups in total. The van der Waals surface area contributed by atoms with Crippen LogP contribution in [0.3, 0.4) is 0 Å². The number of anilines is 3. The van der Waals surface area contributed by atoms with Crippen LogP contribution in [0, 0.1) is 0 Å². The van der Waals surface area contributed by atoms with Gasteiger partial charge in [-0.15, -0.1) is 0 Å². The topological polar surface area (TPSA) is 3.24 Å². The van der Waals surface area contributed by atoms with Crippen LogP contribution in [0.25, 0.3) is 60.5 Å². The Kier molecular flexibility index (Phi) is 7.18. The van der Waals surface area contributed by atoms with E-state index in [-0.39, 0.29) is 5.41 Å². The number of hydrogen-bond donors (Lipinski definition) is 0. The van der Waals surface area contributed by atoms with Gasteiger partial charge in [0, 0.05) is 22.1 Å². The lowest BCUT2D eigenvalue weighted by atomic mass is 9.70. The van der Waals surface area contributed by atoms with Crippen molar-refractivity contribution in [1.29, 1.82) is 0 Å². The van der Waals surface area contributed by atoms with Gasteiger partial charge in [0.15, 0.2) is 0 Å². The largest absolute Gasteiger partial charge is 0.309 e. The molecular weight excluding hydrogens is 735 g/mol. The fourth-order valence-corrected chi connectivity index (χ4v) is 11.8. The van der Waals surface area contributed by atoms with E-state index < -0.39 is 5.41 Å². The molecule has 13 rings (SSSR count). The number of hydrogen-bond acceptors (Lipinski definition) is 1. The maximum absolute atomic E-state index is 2.59. The molecule has 61 heavy (non-hydrogen) atoms. The van der Waals surface area contributed by atoms with Gasteiger partial charge in [0.25, 0.3) is 0 Å². The predicted octanol–water partition coefficient (Wildman–Crippen LogP) is 15.8. The molecule has 0 heterocycles. The monoisotopic (exact) mass is 777 g/mol. The summed E-state index contributed by atoms with van der Waals surface area (Å²) in [6, 6.07) is 69.3. The van der Waals surface area contributed by atoms with E-state index in [2.05, 4.69) is 219 Å². The summed E-state index contributed by atoms with van der Waals surface area (Å²) >= 11 is 0. The summed E-state index contributed by atoms with van der Waals surface area (Å²) in [4.78, 5) is 2.59. The Bertz CT molecular complexity index is 3410. The molecule has 0 saturated carbocycles. The van der Waals surface area contributed by atoms with Crippen LogP contribution in [0.2, 0.25) is 0 Å².